The van der Waals surface area contributed by atoms with Gasteiger partial charge in [0.1, 0.15) is 16.7 Å². The van der Waals surface area contributed by atoms with E-state index in [2.05, 4.69) is 4.98 Å². The fourth-order valence-electron chi connectivity index (χ4n) is 1.79. The standard InChI is InChI=1S/C15H13F2NO2S/c1-2-3-11-6-9(15(19)20)7-14(18-11)21-13-5-4-10(16)8-12(13)17/h4-8H,2-3H2,1H3,(H,19,20). The summed E-state index contributed by atoms with van der Waals surface area (Å²) in [6.45, 7) is 1.96. The van der Waals surface area contributed by atoms with Crippen molar-refractivity contribution < 1.29 is 18.7 Å². The Bertz CT molecular complexity index is 677. The lowest BCUT2D eigenvalue weighted by Crippen LogP contribution is -2.01. The fraction of sp³-hybridized carbons (Fsp3) is 0.200. The van der Waals surface area contributed by atoms with Gasteiger partial charge in [0.2, 0.25) is 0 Å². The van der Waals surface area contributed by atoms with Gasteiger partial charge in [0.15, 0.2) is 0 Å². The van der Waals surface area contributed by atoms with Crippen LogP contribution in [0.4, 0.5) is 8.78 Å². The molecule has 0 spiro atoms. The summed E-state index contributed by atoms with van der Waals surface area (Å²) in [5.41, 5.74) is 0.751. The second-order valence-corrected chi connectivity index (χ2v) is 5.48. The van der Waals surface area contributed by atoms with E-state index in [9.17, 15) is 13.6 Å². The molecule has 0 fully saturated rings. The Morgan fingerprint density at radius 1 is 1.29 bits per heavy atom. The van der Waals surface area contributed by atoms with Crippen LogP contribution < -0.4 is 0 Å². The number of carbonyl (C=O) groups is 1. The number of carboxylic acids is 1. The molecule has 0 amide bonds. The Labute approximate surface area is 125 Å². The van der Waals surface area contributed by atoms with Crippen LogP contribution in [0.25, 0.3) is 0 Å². The lowest BCUT2D eigenvalue weighted by atomic mass is 10.2. The summed E-state index contributed by atoms with van der Waals surface area (Å²) in [5.74, 6) is -2.41. The maximum Gasteiger partial charge on any atom is 0.335 e. The van der Waals surface area contributed by atoms with Crippen molar-refractivity contribution in [3.63, 3.8) is 0 Å². The first-order valence-electron chi connectivity index (χ1n) is 6.36. The normalized spacial score (nSPS) is 10.6. The zero-order valence-electron chi connectivity index (χ0n) is 11.3. The third-order valence-corrected chi connectivity index (χ3v) is 3.69. The van der Waals surface area contributed by atoms with Crippen LogP contribution in [0.3, 0.4) is 0 Å². The van der Waals surface area contributed by atoms with Crippen molar-refractivity contribution in [3.8, 4) is 0 Å². The van der Waals surface area contributed by atoms with Crippen molar-refractivity contribution in [2.45, 2.75) is 29.7 Å². The smallest absolute Gasteiger partial charge is 0.335 e. The maximum absolute atomic E-state index is 13.6. The molecule has 0 saturated heterocycles. The van der Waals surface area contributed by atoms with Gasteiger partial charge in [-0.05, 0) is 30.7 Å². The number of aryl methyl sites for hydroxylation is 1. The summed E-state index contributed by atoms with van der Waals surface area (Å²) < 4.78 is 26.5. The van der Waals surface area contributed by atoms with Crippen LogP contribution in [0.15, 0.2) is 40.3 Å². The number of hydrogen-bond acceptors (Lipinski definition) is 3. The molecule has 0 aliphatic rings. The fourth-order valence-corrected chi connectivity index (χ4v) is 2.66. The minimum Gasteiger partial charge on any atom is -0.478 e. The molecule has 1 heterocycles. The van der Waals surface area contributed by atoms with Crippen LogP contribution in [-0.4, -0.2) is 16.1 Å². The summed E-state index contributed by atoms with van der Waals surface area (Å²) >= 11 is 0.978. The molecule has 21 heavy (non-hydrogen) atoms. The van der Waals surface area contributed by atoms with E-state index in [1.165, 1.54) is 18.2 Å². The topological polar surface area (TPSA) is 50.2 Å². The largest absolute Gasteiger partial charge is 0.478 e. The van der Waals surface area contributed by atoms with E-state index in [-0.39, 0.29) is 10.5 Å². The first-order valence-corrected chi connectivity index (χ1v) is 7.18. The molecule has 6 heteroatoms. The highest BCUT2D eigenvalue weighted by Gasteiger charge is 2.12. The Balaban J connectivity index is 2.36. The average molecular weight is 309 g/mol. The van der Waals surface area contributed by atoms with Crippen LogP contribution >= 0.6 is 11.8 Å². The molecule has 110 valence electrons. The molecular formula is C15H13F2NO2S. The van der Waals surface area contributed by atoms with E-state index < -0.39 is 17.6 Å². The second-order valence-electron chi connectivity index (χ2n) is 4.42. The van der Waals surface area contributed by atoms with Crippen molar-refractivity contribution in [3.05, 3.63) is 53.2 Å². The van der Waals surface area contributed by atoms with Crippen LogP contribution in [0, 0.1) is 11.6 Å². The summed E-state index contributed by atoms with van der Waals surface area (Å²) in [6.07, 6.45) is 1.46. The van der Waals surface area contributed by atoms with Gasteiger partial charge < -0.3 is 5.11 Å². The van der Waals surface area contributed by atoms with E-state index in [1.54, 1.807) is 0 Å². The lowest BCUT2D eigenvalue weighted by Gasteiger charge is -2.07. The van der Waals surface area contributed by atoms with Crippen molar-refractivity contribution in [2.75, 3.05) is 0 Å². The van der Waals surface area contributed by atoms with Crippen LogP contribution in [0.1, 0.15) is 29.4 Å². The Kier molecular flexibility index (Phi) is 4.90. The predicted molar refractivity (Wildman–Crippen MR) is 75.7 cm³/mol. The van der Waals surface area contributed by atoms with Gasteiger partial charge in [0.05, 0.1) is 5.56 Å². The van der Waals surface area contributed by atoms with Crippen LogP contribution in [0.2, 0.25) is 0 Å². The Morgan fingerprint density at radius 2 is 2.05 bits per heavy atom. The number of aromatic carboxylic acids is 1. The molecule has 0 radical (unpaired) electrons. The molecule has 3 nitrogen and oxygen atoms in total. The van der Waals surface area contributed by atoms with Crippen LogP contribution in [-0.2, 0) is 6.42 Å². The molecule has 0 aliphatic carbocycles. The maximum atomic E-state index is 13.6. The van der Waals surface area contributed by atoms with Gasteiger partial charge in [-0.15, -0.1) is 0 Å². The van der Waals surface area contributed by atoms with Gasteiger partial charge in [-0.1, -0.05) is 25.1 Å². The van der Waals surface area contributed by atoms with Crippen LogP contribution in [0.5, 0.6) is 0 Å². The highest BCUT2D eigenvalue weighted by atomic mass is 32.2. The minimum absolute atomic E-state index is 0.110. The van der Waals surface area contributed by atoms with Crippen molar-refractivity contribution in [1.29, 1.82) is 0 Å². The zero-order valence-corrected chi connectivity index (χ0v) is 12.1. The molecule has 1 aromatic heterocycles. The molecule has 1 aromatic carbocycles. The van der Waals surface area contributed by atoms with Gasteiger partial charge in [-0.3, -0.25) is 0 Å². The number of aromatic nitrogens is 1. The van der Waals surface area contributed by atoms with Crippen molar-refractivity contribution in [2.24, 2.45) is 0 Å². The van der Waals surface area contributed by atoms with Crippen molar-refractivity contribution >= 4 is 17.7 Å². The average Bonchev–Trinajstić information content (AvgIpc) is 2.42. The molecule has 0 aliphatic heterocycles. The third-order valence-electron chi connectivity index (χ3n) is 2.72. The summed E-state index contributed by atoms with van der Waals surface area (Å²) in [7, 11) is 0. The number of halogens is 2. The molecule has 0 atom stereocenters. The monoisotopic (exact) mass is 309 g/mol. The van der Waals surface area contributed by atoms with E-state index in [0.29, 0.717) is 17.1 Å². The van der Waals surface area contributed by atoms with Gasteiger partial charge in [0.25, 0.3) is 0 Å². The lowest BCUT2D eigenvalue weighted by molar-refractivity contribution is 0.0696. The van der Waals surface area contributed by atoms with E-state index in [1.807, 2.05) is 6.92 Å². The number of benzene rings is 1. The summed E-state index contributed by atoms with van der Waals surface area (Å²) in [6, 6.07) is 6.14. The molecule has 1 N–H and O–H groups in total. The van der Waals surface area contributed by atoms with E-state index >= 15 is 0 Å². The minimum atomic E-state index is -1.06. The molecule has 2 rings (SSSR count). The third kappa shape index (κ3) is 4.01. The zero-order chi connectivity index (χ0) is 15.4. The molecule has 0 saturated carbocycles. The quantitative estimate of drug-likeness (QED) is 0.901. The van der Waals surface area contributed by atoms with E-state index in [0.717, 1.165) is 30.3 Å². The van der Waals surface area contributed by atoms with Gasteiger partial charge in [0, 0.05) is 16.7 Å². The highest BCUT2D eigenvalue weighted by molar-refractivity contribution is 7.99. The molecule has 0 unspecified atom stereocenters. The Hall–Kier alpha value is -1.95. The van der Waals surface area contributed by atoms with Gasteiger partial charge in [-0.25, -0.2) is 18.6 Å². The predicted octanol–water partition coefficient (Wildman–Crippen LogP) is 4.16. The summed E-state index contributed by atoms with van der Waals surface area (Å²) in [5, 5.41) is 9.48. The molecular weight excluding hydrogens is 296 g/mol. The number of hydrogen-bond donors (Lipinski definition) is 1. The number of rotatable bonds is 5. The van der Waals surface area contributed by atoms with E-state index in [4.69, 9.17) is 5.11 Å². The number of pyridine rings is 1. The second kappa shape index (κ2) is 6.67. The molecule has 0 bridgehead atoms. The number of nitrogens with zero attached hydrogens (tertiary/aromatic N) is 1. The first kappa shape index (κ1) is 15.4. The van der Waals surface area contributed by atoms with Crippen molar-refractivity contribution in [1.82, 2.24) is 4.98 Å². The molecule has 2 aromatic rings. The Morgan fingerprint density at radius 3 is 2.67 bits per heavy atom. The first-order chi connectivity index (χ1) is 9.99. The highest BCUT2D eigenvalue weighted by Crippen LogP contribution is 2.29. The summed E-state index contributed by atoms with van der Waals surface area (Å²) in [4.78, 5) is 15.6. The SMILES string of the molecule is CCCc1cc(C(=O)O)cc(Sc2ccc(F)cc2F)n1. The number of carboxylic acid groups (broad SMARTS) is 1. The van der Waals surface area contributed by atoms with Gasteiger partial charge in [-0.2, -0.15) is 0 Å². The van der Waals surface area contributed by atoms with Gasteiger partial charge >= 0.3 is 5.97 Å².